The van der Waals surface area contributed by atoms with Crippen LogP contribution in [0.4, 0.5) is 34.1 Å². The number of phenolic OH excluding ortho intramolecular Hbond substituents is 2. The second kappa shape index (κ2) is 20.6. The number of rotatable bonds is 11. The van der Waals surface area contributed by atoms with Crippen LogP contribution in [0.25, 0.3) is 32.7 Å². The number of phenols is 2. The minimum absolute atomic E-state index is 0. The molecule has 0 spiro atoms. The van der Waals surface area contributed by atoms with Crippen LogP contribution >= 0.6 is 0 Å². The summed E-state index contributed by atoms with van der Waals surface area (Å²) in [5.41, 5.74) is 10.4. The monoisotopic (exact) mass is 932 g/mol. The molecule has 0 aliphatic heterocycles. The first-order valence-corrected chi connectivity index (χ1v) is 21.9. The van der Waals surface area contributed by atoms with E-state index in [0.717, 1.165) is 36.4 Å². The van der Waals surface area contributed by atoms with Crippen LogP contribution in [0.15, 0.2) is 113 Å². The number of azo groups is 2. The van der Waals surface area contributed by atoms with Crippen LogP contribution in [0.5, 0.6) is 23.0 Å². The van der Waals surface area contributed by atoms with Crippen molar-refractivity contribution in [2.45, 2.75) is 19.6 Å². The van der Waals surface area contributed by atoms with Gasteiger partial charge in [-0.25, -0.2) is 0 Å². The van der Waals surface area contributed by atoms with Gasteiger partial charge in [-0.1, -0.05) is 12.1 Å². The van der Waals surface area contributed by atoms with Crippen LogP contribution in [-0.4, -0.2) is 152 Å². The van der Waals surface area contributed by atoms with Crippen molar-refractivity contribution in [3.05, 3.63) is 72.8 Å². The summed E-state index contributed by atoms with van der Waals surface area (Å²) in [5, 5.41) is 36.6. The molecule has 6 rings (SSSR count). The molecule has 0 fully saturated rings. The molecule has 0 aliphatic rings. The van der Waals surface area contributed by atoms with E-state index < -0.39 is 82.9 Å². The Morgan fingerprint density at radius 1 is 0.469 bits per heavy atom. The third kappa shape index (κ3) is 11.4. The van der Waals surface area contributed by atoms with E-state index in [4.69, 9.17) is 20.9 Å². The Labute approximate surface area is 412 Å². The molecule has 22 nitrogen and oxygen atoms in total. The van der Waals surface area contributed by atoms with Crippen molar-refractivity contribution in [2.24, 2.45) is 20.5 Å². The molecule has 10 N–H and O–H groups in total. The average molecular weight is 933 g/mol. The van der Waals surface area contributed by atoms with Gasteiger partial charge in [-0.3, -0.25) is 18.2 Å². The van der Waals surface area contributed by atoms with Crippen molar-refractivity contribution in [2.75, 3.05) is 25.7 Å². The zero-order valence-electron chi connectivity index (χ0n) is 34.3. The third-order valence-electron chi connectivity index (χ3n) is 8.67. The summed E-state index contributed by atoms with van der Waals surface area (Å²) in [5.74, 6) is -1.69. The molecule has 0 saturated heterocycles. The minimum Gasteiger partial charge on any atom is -0.505 e. The van der Waals surface area contributed by atoms with E-state index in [1.54, 1.807) is 0 Å². The van der Waals surface area contributed by atoms with Crippen molar-refractivity contribution in [1.29, 1.82) is 0 Å². The standard InChI is InChI=1S/C34H28N6O16S4.4Li/c1-55-25-9-15(3-5-23(25)37-39-31-27(59(49,50)51)11-17-7-19(57(43,44)45)13-21(35)29(17)33(31)41)16-4-6-24(26(10-16)56-2)38-40-32-28(60(52,53)54)12-18-8-20(58(46,47)48)14-22(36)30(18)34(32)42;;;;/h3-14,41-42H,35-36H2,1-2H3,(H,43,44,45)(H,46,47,48)(H,49,50,51)(H,52,53,54);;;;. The molecule has 0 heterocycles. The summed E-state index contributed by atoms with van der Waals surface area (Å²) in [7, 11) is -17.3. The number of hydrogen-bond donors (Lipinski definition) is 8. The van der Waals surface area contributed by atoms with Crippen LogP contribution in [0.2, 0.25) is 0 Å². The smallest absolute Gasteiger partial charge is 0.296 e. The molecule has 64 heavy (non-hydrogen) atoms. The van der Waals surface area contributed by atoms with Crippen LogP contribution in [0.1, 0.15) is 0 Å². The summed E-state index contributed by atoms with van der Waals surface area (Å²) in [6.07, 6.45) is 0. The topological polar surface area (TPSA) is 378 Å². The van der Waals surface area contributed by atoms with Gasteiger partial charge in [-0.15, -0.1) is 20.5 Å². The third-order valence-corrected chi connectivity index (χ3v) is 12.1. The van der Waals surface area contributed by atoms with E-state index in [9.17, 15) is 62.1 Å². The molecule has 0 amide bonds. The maximum absolute atomic E-state index is 12.3. The summed E-state index contributed by atoms with van der Waals surface area (Å²) >= 11 is 0. The second-order valence-electron chi connectivity index (χ2n) is 12.4. The van der Waals surface area contributed by atoms with E-state index in [2.05, 4.69) is 20.5 Å². The molecule has 0 bridgehead atoms. The largest absolute Gasteiger partial charge is 0.505 e. The molecular weight excluding hydrogens is 904 g/mol. The van der Waals surface area contributed by atoms with Crippen LogP contribution in [0, 0.1) is 0 Å². The Morgan fingerprint density at radius 2 is 0.797 bits per heavy atom. The van der Waals surface area contributed by atoms with Crippen molar-refractivity contribution in [3.8, 4) is 34.1 Å². The molecular formula is C34H28Li4N6O16S4. The second-order valence-corrected chi connectivity index (χ2v) is 18.1. The Balaban J connectivity index is 0.00000352. The molecule has 4 radical (unpaired) electrons. The summed E-state index contributed by atoms with van der Waals surface area (Å²) in [4.78, 5) is -3.39. The van der Waals surface area contributed by atoms with Crippen LogP contribution in [-0.2, 0) is 40.5 Å². The van der Waals surface area contributed by atoms with Gasteiger partial charge in [0.1, 0.15) is 44.0 Å². The molecule has 0 aromatic heterocycles. The Hall–Kier alpha value is -4.13. The van der Waals surface area contributed by atoms with Gasteiger partial charge in [0.05, 0.1) is 24.0 Å². The maximum atomic E-state index is 12.3. The maximum Gasteiger partial charge on any atom is 0.296 e. The predicted octanol–water partition coefficient (Wildman–Crippen LogP) is 4.55. The van der Waals surface area contributed by atoms with Crippen LogP contribution < -0.4 is 20.9 Å². The van der Waals surface area contributed by atoms with Gasteiger partial charge in [-0.05, 0) is 82.6 Å². The van der Waals surface area contributed by atoms with Crippen molar-refractivity contribution < 1.29 is 71.6 Å². The number of nitrogen functional groups attached to an aromatic ring is 2. The summed E-state index contributed by atoms with van der Waals surface area (Å²) < 4.78 is 146. The fraction of sp³-hybridized carbons (Fsp3) is 0.0588. The first-order valence-electron chi connectivity index (χ1n) is 16.1. The Bertz CT molecular complexity index is 3140. The van der Waals surface area contributed by atoms with Gasteiger partial charge in [0, 0.05) is 97.6 Å². The molecule has 0 aliphatic carbocycles. The van der Waals surface area contributed by atoms with Crippen molar-refractivity contribution in [3.63, 3.8) is 0 Å². The first-order chi connectivity index (χ1) is 27.8. The normalized spacial score (nSPS) is 12.0. The van der Waals surface area contributed by atoms with Gasteiger partial charge >= 0.3 is 0 Å². The molecule has 0 atom stereocenters. The van der Waals surface area contributed by atoms with Gasteiger partial charge < -0.3 is 31.2 Å². The molecule has 30 heteroatoms. The fourth-order valence-electron chi connectivity index (χ4n) is 5.95. The van der Waals surface area contributed by atoms with E-state index in [1.807, 2.05) is 0 Å². The zero-order chi connectivity index (χ0) is 44.3. The molecule has 0 unspecified atom stereocenters. The number of aromatic hydroxyl groups is 2. The van der Waals surface area contributed by atoms with Gasteiger partial charge in [0.2, 0.25) is 0 Å². The quantitative estimate of drug-likeness (QED) is 0.0382. The predicted molar refractivity (Wildman–Crippen MR) is 236 cm³/mol. The molecule has 0 saturated carbocycles. The van der Waals surface area contributed by atoms with E-state index in [0.29, 0.717) is 11.1 Å². The average Bonchev–Trinajstić information content (AvgIpc) is 3.14. The Morgan fingerprint density at radius 3 is 1.08 bits per heavy atom. The van der Waals surface area contributed by atoms with Gasteiger partial charge in [0.15, 0.2) is 11.5 Å². The minimum atomic E-state index is -5.13. The summed E-state index contributed by atoms with van der Waals surface area (Å²) in [6.45, 7) is 0. The van der Waals surface area contributed by atoms with E-state index in [1.165, 1.54) is 50.6 Å². The molecule has 6 aromatic carbocycles. The van der Waals surface area contributed by atoms with E-state index in [-0.39, 0.29) is 131 Å². The fourth-order valence-corrected chi connectivity index (χ4v) is 8.37. The number of ether oxygens (including phenoxy) is 2. The van der Waals surface area contributed by atoms with Crippen LogP contribution in [0.3, 0.4) is 0 Å². The van der Waals surface area contributed by atoms with Gasteiger partial charge in [-0.2, -0.15) is 33.7 Å². The number of hydrogen-bond acceptors (Lipinski definition) is 18. The zero-order valence-corrected chi connectivity index (χ0v) is 37.5. The first kappa shape index (κ1) is 56.0. The number of benzene rings is 6. The molecule has 318 valence electrons. The number of nitrogens with zero attached hydrogens (tertiary/aromatic N) is 4. The van der Waals surface area contributed by atoms with E-state index >= 15 is 0 Å². The Kier molecular flexibility index (Phi) is 18.0. The van der Waals surface area contributed by atoms with Gasteiger partial charge in [0.25, 0.3) is 40.5 Å². The molecule has 6 aromatic rings. The number of fused-ring (bicyclic) bond motifs is 2. The SMILES string of the molecule is COc1cc(-c2ccc(N=Nc3c(S(=O)(=O)O)cc4cc(S(=O)(=O)O)cc(N)c4c3O)c(OC)c2)ccc1N=Nc1c(S(=O)(=O)O)cc2cc(S(=O)(=O)O)cc(N)c2c1O.[Li].[Li].[Li].[Li]. The number of anilines is 2. The van der Waals surface area contributed by atoms with Crippen molar-refractivity contribution in [1.82, 2.24) is 0 Å². The summed E-state index contributed by atoms with van der Waals surface area (Å²) in [6, 6.07) is 13.6. The number of methoxy groups -OCH3 is 2. The number of nitrogens with two attached hydrogens (primary N) is 2. The van der Waals surface area contributed by atoms with Crippen molar-refractivity contribution >= 4 is 172 Å².